The molecule has 1 heterocycles. The molecule has 166 valence electrons. The third-order valence-electron chi connectivity index (χ3n) is 4.81. The number of hydrogen-bond acceptors (Lipinski definition) is 4. The van der Waals surface area contributed by atoms with Crippen molar-refractivity contribution in [1.29, 1.82) is 0 Å². The van der Waals surface area contributed by atoms with Gasteiger partial charge in [-0.2, -0.15) is 5.10 Å². The Morgan fingerprint density at radius 1 is 1.33 bits per heavy atom. The number of methoxy groups -OCH3 is 1. The summed E-state index contributed by atoms with van der Waals surface area (Å²) in [5.74, 6) is 1.21. The van der Waals surface area contributed by atoms with E-state index < -0.39 is 0 Å². The highest BCUT2D eigenvalue weighted by atomic mass is 127. The number of halogens is 1. The Morgan fingerprint density at radius 3 is 2.57 bits per heavy atom. The number of aliphatic imine (C=N–C) groups is 1. The summed E-state index contributed by atoms with van der Waals surface area (Å²) in [5.41, 5.74) is 5.16. The minimum atomic E-state index is -0.138. The quantitative estimate of drug-likeness (QED) is 0.292. The molecule has 2 rings (SSSR count). The number of aromatic nitrogens is 2. The highest BCUT2D eigenvalue weighted by molar-refractivity contribution is 14.0. The first-order chi connectivity index (χ1) is 13.7. The van der Waals surface area contributed by atoms with Crippen LogP contribution in [0.1, 0.15) is 36.4 Å². The van der Waals surface area contributed by atoms with Gasteiger partial charge in [-0.25, -0.2) is 0 Å². The van der Waals surface area contributed by atoms with Crippen LogP contribution in [0.5, 0.6) is 5.75 Å². The lowest BCUT2D eigenvalue weighted by atomic mass is 10.1. The molecule has 1 aromatic heterocycles. The molecular formula is C21H33IN6O2. The van der Waals surface area contributed by atoms with Gasteiger partial charge in [0, 0.05) is 39.3 Å². The highest BCUT2D eigenvalue weighted by Gasteiger charge is 2.14. The van der Waals surface area contributed by atoms with Gasteiger partial charge in [-0.15, -0.1) is 24.0 Å². The van der Waals surface area contributed by atoms with Crippen LogP contribution in [0.2, 0.25) is 0 Å². The molecule has 1 atom stereocenters. The number of nitrogens with one attached hydrogen (secondary N) is 3. The number of carbonyl (C=O) groups excluding carboxylic acids is 1. The number of ether oxygens (including phenoxy) is 1. The van der Waals surface area contributed by atoms with Crippen molar-refractivity contribution in [3.05, 3.63) is 40.7 Å². The van der Waals surface area contributed by atoms with Gasteiger partial charge in [-0.05, 0) is 50.5 Å². The molecule has 0 spiro atoms. The topological polar surface area (TPSA) is 92.6 Å². The number of guanidine groups is 1. The van der Waals surface area contributed by atoms with E-state index in [4.69, 9.17) is 4.74 Å². The lowest BCUT2D eigenvalue weighted by Crippen LogP contribution is -2.42. The summed E-state index contributed by atoms with van der Waals surface area (Å²) >= 11 is 0. The summed E-state index contributed by atoms with van der Waals surface area (Å²) in [6.07, 6.45) is 0.863. The van der Waals surface area contributed by atoms with E-state index in [2.05, 4.69) is 39.9 Å². The molecule has 3 N–H and O–H groups in total. The molecule has 8 nitrogen and oxygen atoms in total. The van der Waals surface area contributed by atoms with Crippen LogP contribution in [0.4, 0.5) is 5.69 Å². The number of carbonyl (C=O) groups is 1. The van der Waals surface area contributed by atoms with E-state index >= 15 is 0 Å². The standard InChI is InChI=1S/C21H32N6O2.HI/c1-13(10-18-14(2)26-27(6)15(18)3)24-21(22-5)23-12-17-8-9-20(29-7)19(11-17)25-16(4)28;/h8-9,11,13H,10,12H2,1-7H3,(H,25,28)(H2,22,23,24);1H. The second-order valence-electron chi connectivity index (χ2n) is 7.16. The van der Waals surface area contributed by atoms with Gasteiger partial charge < -0.3 is 20.7 Å². The first kappa shape index (κ1) is 25.7. The zero-order chi connectivity index (χ0) is 21.6. The fraction of sp³-hybridized carbons (Fsp3) is 0.476. The lowest BCUT2D eigenvalue weighted by molar-refractivity contribution is -0.114. The van der Waals surface area contributed by atoms with Crippen molar-refractivity contribution in [2.45, 2.75) is 46.7 Å². The molecule has 0 saturated heterocycles. The molecule has 2 aromatic rings. The van der Waals surface area contributed by atoms with E-state index in [0.29, 0.717) is 23.9 Å². The van der Waals surface area contributed by atoms with Crippen LogP contribution < -0.4 is 20.7 Å². The van der Waals surface area contributed by atoms with Crippen molar-refractivity contribution in [2.24, 2.45) is 12.0 Å². The average Bonchev–Trinajstić information content (AvgIpc) is 2.90. The first-order valence-electron chi connectivity index (χ1n) is 9.65. The van der Waals surface area contributed by atoms with Crippen molar-refractivity contribution in [3.63, 3.8) is 0 Å². The van der Waals surface area contributed by atoms with Crippen molar-refractivity contribution < 1.29 is 9.53 Å². The van der Waals surface area contributed by atoms with Gasteiger partial charge in [0.25, 0.3) is 0 Å². The van der Waals surface area contributed by atoms with Crippen LogP contribution in [0.15, 0.2) is 23.2 Å². The maximum atomic E-state index is 11.4. The summed E-state index contributed by atoms with van der Waals surface area (Å²) in [4.78, 5) is 15.7. The minimum absolute atomic E-state index is 0. The van der Waals surface area contributed by atoms with Crippen LogP contribution in [-0.2, 0) is 24.8 Å². The molecule has 0 aliphatic heterocycles. The molecule has 0 aliphatic carbocycles. The number of hydrogen-bond donors (Lipinski definition) is 3. The fourth-order valence-corrected chi connectivity index (χ4v) is 3.24. The molecule has 1 aromatic carbocycles. The molecule has 30 heavy (non-hydrogen) atoms. The van der Waals surface area contributed by atoms with E-state index in [1.54, 1.807) is 14.2 Å². The van der Waals surface area contributed by atoms with Crippen molar-refractivity contribution >= 4 is 41.5 Å². The minimum Gasteiger partial charge on any atom is -0.495 e. The number of amides is 1. The smallest absolute Gasteiger partial charge is 0.221 e. The average molecular weight is 528 g/mol. The molecule has 0 fully saturated rings. The van der Waals surface area contributed by atoms with E-state index in [0.717, 1.165) is 17.7 Å². The van der Waals surface area contributed by atoms with Gasteiger partial charge in [0.1, 0.15) is 5.75 Å². The third-order valence-corrected chi connectivity index (χ3v) is 4.81. The number of nitrogens with zero attached hydrogens (tertiary/aromatic N) is 3. The summed E-state index contributed by atoms with van der Waals surface area (Å²) in [6, 6.07) is 5.88. The Morgan fingerprint density at radius 2 is 2.03 bits per heavy atom. The Balaban J connectivity index is 0.00000450. The van der Waals surface area contributed by atoms with Crippen LogP contribution in [0, 0.1) is 13.8 Å². The highest BCUT2D eigenvalue weighted by Crippen LogP contribution is 2.25. The van der Waals surface area contributed by atoms with Gasteiger partial charge in [-0.3, -0.25) is 14.5 Å². The number of benzene rings is 1. The second kappa shape index (κ2) is 11.8. The number of rotatable bonds is 7. The predicted octanol–water partition coefficient (Wildman–Crippen LogP) is 2.92. The molecule has 1 amide bonds. The van der Waals surface area contributed by atoms with Crippen LogP contribution in [0.3, 0.4) is 0 Å². The molecule has 0 saturated carbocycles. The molecule has 0 aliphatic rings. The van der Waals surface area contributed by atoms with Gasteiger partial charge in [0.2, 0.25) is 5.91 Å². The van der Waals surface area contributed by atoms with Gasteiger partial charge in [0.15, 0.2) is 5.96 Å². The molecule has 9 heteroatoms. The largest absolute Gasteiger partial charge is 0.495 e. The SMILES string of the molecule is CN=C(NCc1ccc(OC)c(NC(C)=O)c1)NC(C)Cc1c(C)nn(C)c1C.I. The fourth-order valence-electron chi connectivity index (χ4n) is 3.24. The van der Waals surface area contributed by atoms with Crippen LogP contribution >= 0.6 is 24.0 Å². The zero-order valence-electron chi connectivity index (χ0n) is 18.8. The summed E-state index contributed by atoms with van der Waals surface area (Å²) in [5, 5.41) is 14.0. The third kappa shape index (κ3) is 6.89. The molecule has 0 radical (unpaired) electrons. The van der Waals surface area contributed by atoms with Gasteiger partial charge in [0.05, 0.1) is 18.5 Å². The summed E-state index contributed by atoms with van der Waals surface area (Å²) in [6.45, 7) is 8.29. The molecular weight excluding hydrogens is 495 g/mol. The Bertz CT molecular complexity index is 894. The normalized spacial score (nSPS) is 12.0. The van der Waals surface area contributed by atoms with Crippen molar-refractivity contribution in [2.75, 3.05) is 19.5 Å². The van der Waals surface area contributed by atoms with E-state index in [9.17, 15) is 4.79 Å². The monoisotopic (exact) mass is 528 g/mol. The van der Waals surface area contributed by atoms with E-state index in [-0.39, 0.29) is 35.9 Å². The van der Waals surface area contributed by atoms with E-state index in [1.807, 2.05) is 36.9 Å². The first-order valence-corrected chi connectivity index (χ1v) is 9.65. The Labute approximate surface area is 195 Å². The molecule has 1 unspecified atom stereocenters. The Hall–Kier alpha value is -2.30. The van der Waals surface area contributed by atoms with Gasteiger partial charge >= 0.3 is 0 Å². The van der Waals surface area contributed by atoms with Gasteiger partial charge in [-0.1, -0.05) is 6.07 Å². The predicted molar refractivity (Wildman–Crippen MR) is 132 cm³/mol. The molecule has 0 bridgehead atoms. The van der Waals surface area contributed by atoms with Crippen molar-refractivity contribution in [3.8, 4) is 5.75 Å². The zero-order valence-corrected chi connectivity index (χ0v) is 21.1. The van der Waals surface area contributed by atoms with E-state index in [1.165, 1.54) is 18.2 Å². The number of anilines is 1. The van der Waals surface area contributed by atoms with Crippen LogP contribution in [0.25, 0.3) is 0 Å². The second-order valence-corrected chi connectivity index (χ2v) is 7.16. The summed E-state index contributed by atoms with van der Waals surface area (Å²) < 4.78 is 7.22. The summed E-state index contributed by atoms with van der Waals surface area (Å²) in [7, 11) is 5.30. The van der Waals surface area contributed by atoms with Crippen LogP contribution in [-0.4, -0.2) is 41.8 Å². The Kier molecular flexibility index (Phi) is 10.1. The maximum Gasteiger partial charge on any atom is 0.221 e. The lowest BCUT2D eigenvalue weighted by Gasteiger charge is -2.19. The maximum absolute atomic E-state index is 11.4. The number of aryl methyl sites for hydroxylation is 2. The van der Waals surface area contributed by atoms with Crippen molar-refractivity contribution in [1.82, 2.24) is 20.4 Å².